The molecule has 1 heterocycles. The first-order valence-electron chi connectivity index (χ1n) is 9.61. The molecule has 0 atom stereocenters. The van der Waals surface area contributed by atoms with Crippen LogP contribution in [0.1, 0.15) is 21.6 Å². The highest BCUT2D eigenvalue weighted by atomic mass is 16.5. The summed E-state index contributed by atoms with van der Waals surface area (Å²) in [5.74, 6) is 0.801. The number of aryl methyl sites for hydroxylation is 1. The summed E-state index contributed by atoms with van der Waals surface area (Å²) in [6, 6.07) is 26.7. The summed E-state index contributed by atoms with van der Waals surface area (Å²) < 4.78 is 7.25. The smallest absolute Gasteiger partial charge is 0.273 e. The van der Waals surface area contributed by atoms with Crippen molar-refractivity contribution >= 4 is 11.6 Å². The second-order valence-electron chi connectivity index (χ2n) is 6.93. The number of anilines is 1. The summed E-state index contributed by atoms with van der Waals surface area (Å²) in [7, 11) is 0. The molecule has 152 valence electrons. The quantitative estimate of drug-likeness (QED) is 0.461. The van der Waals surface area contributed by atoms with Crippen LogP contribution in [0.4, 0.5) is 5.69 Å². The molecule has 0 spiro atoms. The molecule has 0 aliphatic carbocycles. The predicted molar refractivity (Wildman–Crippen MR) is 118 cm³/mol. The van der Waals surface area contributed by atoms with Gasteiger partial charge in [0, 0.05) is 17.8 Å². The molecule has 1 amide bonds. The summed E-state index contributed by atoms with van der Waals surface area (Å²) in [6.07, 6.45) is 0. The summed E-state index contributed by atoms with van der Waals surface area (Å²) in [4.78, 5) is 13.1. The van der Waals surface area contributed by atoms with Crippen LogP contribution in [0.3, 0.4) is 0 Å². The van der Waals surface area contributed by atoms with Crippen LogP contribution in [0.25, 0.3) is 5.69 Å². The first-order valence-corrected chi connectivity index (χ1v) is 9.61. The van der Waals surface area contributed by atoms with Crippen LogP contribution in [0.2, 0.25) is 0 Å². The van der Waals surface area contributed by atoms with E-state index in [1.165, 1.54) is 10.6 Å². The molecule has 2 N–H and O–H groups in total. The maximum atomic E-state index is 13.1. The first kappa shape index (κ1) is 19.8. The molecule has 3 aromatic carbocycles. The molecule has 0 fully saturated rings. The standard InChI is InChI=1S/C25H19N3O3/c1-17-13-23(29)28(20-9-5-7-18(14-20)16-26)24(17)25(30)27-19-8-6-12-22(15-19)31-21-10-3-2-4-11-21/h2-15,29H,1H3,(H,27,30). The summed E-state index contributed by atoms with van der Waals surface area (Å²) in [5.41, 5.74) is 2.39. The van der Waals surface area contributed by atoms with Gasteiger partial charge >= 0.3 is 0 Å². The number of carbonyl (C=O) groups excluding carboxylic acids is 1. The Morgan fingerprint density at radius 1 is 0.968 bits per heavy atom. The number of ether oxygens (including phenoxy) is 1. The van der Waals surface area contributed by atoms with Crippen molar-refractivity contribution in [3.63, 3.8) is 0 Å². The number of para-hydroxylation sites is 1. The third-order valence-corrected chi connectivity index (χ3v) is 4.69. The molecule has 0 bridgehead atoms. The van der Waals surface area contributed by atoms with Crippen molar-refractivity contribution in [2.45, 2.75) is 6.92 Å². The van der Waals surface area contributed by atoms with Crippen molar-refractivity contribution in [2.24, 2.45) is 0 Å². The van der Waals surface area contributed by atoms with Gasteiger partial charge in [0.05, 0.1) is 17.3 Å². The maximum Gasteiger partial charge on any atom is 0.273 e. The summed E-state index contributed by atoms with van der Waals surface area (Å²) in [6.45, 7) is 1.74. The van der Waals surface area contributed by atoms with Gasteiger partial charge in [0.15, 0.2) is 5.88 Å². The Labute approximate surface area is 179 Å². The van der Waals surface area contributed by atoms with Gasteiger partial charge in [-0.1, -0.05) is 30.3 Å². The first-order chi connectivity index (χ1) is 15.0. The zero-order valence-electron chi connectivity index (χ0n) is 16.7. The lowest BCUT2D eigenvalue weighted by molar-refractivity contribution is 0.101. The van der Waals surface area contributed by atoms with Gasteiger partial charge in [0.1, 0.15) is 17.2 Å². The van der Waals surface area contributed by atoms with E-state index in [9.17, 15) is 15.2 Å². The third kappa shape index (κ3) is 4.26. The minimum Gasteiger partial charge on any atom is -0.494 e. The lowest BCUT2D eigenvalue weighted by atomic mass is 10.2. The second-order valence-corrected chi connectivity index (χ2v) is 6.93. The molecule has 6 nitrogen and oxygen atoms in total. The van der Waals surface area contributed by atoms with Crippen LogP contribution in [0, 0.1) is 18.3 Å². The average Bonchev–Trinajstić information content (AvgIpc) is 3.08. The molecule has 0 saturated carbocycles. The van der Waals surface area contributed by atoms with Gasteiger partial charge in [-0.25, -0.2) is 0 Å². The monoisotopic (exact) mass is 409 g/mol. The Bertz CT molecular complexity index is 1290. The molecule has 0 unspecified atom stereocenters. The zero-order valence-corrected chi connectivity index (χ0v) is 16.7. The van der Waals surface area contributed by atoms with Gasteiger partial charge in [0.2, 0.25) is 0 Å². The number of nitriles is 1. The maximum absolute atomic E-state index is 13.1. The molecule has 0 aliphatic heterocycles. The largest absolute Gasteiger partial charge is 0.494 e. The van der Waals surface area contributed by atoms with E-state index in [1.807, 2.05) is 30.3 Å². The lowest BCUT2D eigenvalue weighted by Crippen LogP contribution is -2.17. The highest BCUT2D eigenvalue weighted by Crippen LogP contribution is 2.28. The van der Waals surface area contributed by atoms with Crippen molar-refractivity contribution in [3.8, 4) is 29.1 Å². The number of aromatic nitrogens is 1. The number of benzene rings is 3. The fraction of sp³-hybridized carbons (Fsp3) is 0.0400. The topological polar surface area (TPSA) is 87.3 Å². The number of rotatable bonds is 5. The molecule has 6 heteroatoms. The zero-order chi connectivity index (χ0) is 21.8. The van der Waals surface area contributed by atoms with E-state index in [2.05, 4.69) is 11.4 Å². The van der Waals surface area contributed by atoms with Crippen molar-refractivity contribution < 1.29 is 14.6 Å². The highest BCUT2D eigenvalue weighted by molar-refractivity contribution is 6.05. The van der Waals surface area contributed by atoms with Crippen LogP contribution in [0.15, 0.2) is 84.9 Å². The molecule has 0 radical (unpaired) electrons. The van der Waals surface area contributed by atoms with E-state index in [0.717, 1.165) is 0 Å². The van der Waals surface area contributed by atoms with Crippen molar-refractivity contribution in [3.05, 3.63) is 102 Å². The number of nitrogens with one attached hydrogen (secondary N) is 1. The van der Waals surface area contributed by atoms with E-state index < -0.39 is 5.91 Å². The van der Waals surface area contributed by atoms with E-state index in [0.29, 0.717) is 34.0 Å². The van der Waals surface area contributed by atoms with Gasteiger partial charge in [0.25, 0.3) is 5.91 Å². The molecular formula is C25H19N3O3. The van der Waals surface area contributed by atoms with Gasteiger partial charge in [-0.3, -0.25) is 9.36 Å². The summed E-state index contributed by atoms with van der Waals surface area (Å²) >= 11 is 0. The Morgan fingerprint density at radius 2 is 1.71 bits per heavy atom. The van der Waals surface area contributed by atoms with Crippen LogP contribution in [-0.4, -0.2) is 15.6 Å². The number of amides is 1. The minimum atomic E-state index is -0.392. The van der Waals surface area contributed by atoms with E-state index in [-0.39, 0.29) is 11.6 Å². The Morgan fingerprint density at radius 3 is 2.48 bits per heavy atom. The fourth-order valence-corrected chi connectivity index (χ4v) is 3.33. The number of aromatic hydroxyl groups is 1. The van der Waals surface area contributed by atoms with Crippen LogP contribution >= 0.6 is 0 Å². The summed E-state index contributed by atoms with van der Waals surface area (Å²) in [5, 5.41) is 22.5. The van der Waals surface area contributed by atoms with Crippen molar-refractivity contribution in [1.82, 2.24) is 4.57 Å². The molecular weight excluding hydrogens is 390 g/mol. The lowest BCUT2D eigenvalue weighted by Gasteiger charge is -2.13. The van der Waals surface area contributed by atoms with Gasteiger partial charge in [-0.15, -0.1) is 0 Å². The van der Waals surface area contributed by atoms with Crippen molar-refractivity contribution in [1.29, 1.82) is 5.26 Å². The fourth-order valence-electron chi connectivity index (χ4n) is 3.33. The Kier molecular flexibility index (Phi) is 5.41. The molecule has 31 heavy (non-hydrogen) atoms. The predicted octanol–water partition coefficient (Wildman–Crippen LogP) is 5.41. The van der Waals surface area contributed by atoms with E-state index in [1.54, 1.807) is 55.5 Å². The van der Waals surface area contributed by atoms with E-state index in [4.69, 9.17) is 4.74 Å². The number of nitrogens with zero attached hydrogens (tertiary/aromatic N) is 2. The molecule has 0 saturated heterocycles. The Balaban J connectivity index is 1.63. The number of carbonyl (C=O) groups is 1. The SMILES string of the molecule is Cc1cc(O)n(-c2cccc(C#N)c2)c1C(=O)Nc1cccc(Oc2ccccc2)c1. The molecule has 1 aromatic heterocycles. The van der Waals surface area contributed by atoms with Crippen LogP contribution < -0.4 is 10.1 Å². The number of hydrogen-bond donors (Lipinski definition) is 2. The number of hydrogen-bond acceptors (Lipinski definition) is 4. The molecule has 4 aromatic rings. The normalized spacial score (nSPS) is 10.3. The van der Waals surface area contributed by atoms with Gasteiger partial charge < -0.3 is 15.2 Å². The molecule has 0 aliphatic rings. The molecule has 4 rings (SSSR count). The Hall–Kier alpha value is -4.50. The second kappa shape index (κ2) is 8.47. The third-order valence-electron chi connectivity index (χ3n) is 4.69. The highest BCUT2D eigenvalue weighted by Gasteiger charge is 2.20. The van der Waals surface area contributed by atoms with Gasteiger partial charge in [-0.2, -0.15) is 5.26 Å². The minimum absolute atomic E-state index is 0.0844. The van der Waals surface area contributed by atoms with Crippen LogP contribution in [0.5, 0.6) is 17.4 Å². The van der Waals surface area contributed by atoms with Crippen molar-refractivity contribution in [2.75, 3.05) is 5.32 Å². The van der Waals surface area contributed by atoms with Crippen LogP contribution in [-0.2, 0) is 0 Å². The van der Waals surface area contributed by atoms with Gasteiger partial charge in [-0.05, 0) is 55.0 Å². The average molecular weight is 409 g/mol. The van der Waals surface area contributed by atoms with E-state index >= 15 is 0 Å².